The number of carbonyl (C=O) groups is 1. The second-order valence-electron chi connectivity index (χ2n) is 4.45. The van der Waals surface area contributed by atoms with Gasteiger partial charge in [-0.1, -0.05) is 6.92 Å². The van der Waals surface area contributed by atoms with E-state index in [0.717, 1.165) is 17.2 Å². The van der Waals surface area contributed by atoms with Crippen LogP contribution in [0, 0.1) is 17.0 Å². The smallest absolute Gasteiger partial charge is 0.286 e. The van der Waals surface area contributed by atoms with E-state index in [1.54, 1.807) is 0 Å². The molecule has 1 N–H and O–H groups in total. The van der Waals surface area contributed by atoms with Crippen LogP contribution in [-0.4, -0.2) is 21.4 Å². The maximum atomic E-state index is 11.8. The number of nitrogens with one attached hydrogen (secondary N) is 1. The van der Waals surface area contributed by atoms with E-state index in [0.29, 0.717) is 0 Å². The summed E-state index contributed by atoms with van der Waals surface area (Å²) in [5, 5.41) is 13.4. The van der Waals surface area contributed by atoms with Gasteiger partial charge in [-0.15, -0.1) is 0 Å². The molecule has 0 saturated heterocycles. The molecule has 0 aliphatic carbocycles. The second kappa shape index (κ2) is 6.12. The Balaban J connectivity index is 2.97. The molecule has 0 aliphatic heterocycles. The fourth-order valence-corrected chi connectivity index (χ4v) is 1.56. The molecule has 0 radical (unpaired) electrons. The average molecular weight is 267 g/mol. The molecule has 1 amide bonds. The summed E-state index contributed by atoms with van der Waals surface area (Å²) < 4.78 is 1.06. The molecule has 0 fully saturated rings. The summed E-state index contributed by atoms with van der Waals surface area (Å²) in [6.45, 7) is 5.04. The lowest BCUT2D eigenvalue weighted by Crippen LogP contribution is -2.37. The number of amides is 1. The van der Waals surface area contributed by atoms with Crippen molar-refractivity contribution in [3.05, 3.63) is 38.3 Å². The van der Waals surface area contributed by atoms with Gasteiger partial charge < -0.3 is 5.32 Å². The zero-order valence-electron chi connectivity index (χ0n) is 11.2. The lowest BCUT2D eigenvalue weighted by molar-refractivity contribution is -0.385. The standard InChI is InChI=1S/C12H17N3O4/c1-4-9(3)13-11(16)7-14-6-10(15(18)19)5-8(2)12(14)17/h5-6,9H,4,7H2,1-3H3,(H,13,16). The fraction of sp³-hybridized carbons (Fsp3) is 0.500. The fourth-order valence-electron chi connectivity index (χ4n) is 1.56. The number of nitrogens with zero attached hydrogens (tertiary/aromatic N) is 2. The first-order valence-corrected chi connectivity index (χ1v) is 6.00. The molecule has 1 heterocycles. The van der Waals surface area contributed by atoms with Gasteiger partial charge in [-0.2, -0.15) is 0 Å². The Morgan fingerprint density at radius 3 is 2.74 bits per heavy atom. The van der Waals surface area contributed by atoms with Gasteiger partial charge in [0.2, 0.25) is 5.91 Å². The van der Waals surface area contributed by atoms with Gasteiger partial charge in [0, 0.05) is 17.7 Å². The largest absolute Gasteiger partial charge is 0.352 e. The van der Waals surface area contributed by atoms with Crippen molar-refractivity contribution in [3.63, 3.8) is 0 Å². The van der Waals surface area contributed by atoms with Gasteiger partial charge in [-0.05, 0) is 20.3 Å². The third-order valence-corrected chi connectivity index (χ3v) is 2.80. The van der Waals surface area contributed by atoms with Crippen molar-refractivity contribution in [1.82, 2.24) is 9.88 Å². The lowest BCUT2D eigenvalue weighted by Gasteiger charge is -2.12. The number of hydrogen-bond donors (Lipinski definition) is 1. The summed E-state index contributed by atoms with van der Waals surface area (Å²) in [4.78, 5) is 33.6. The molecule has 1 aromatic rings. The highest BCUT2D eigenvalue weighted by Gasteiger charge is 2.14. The Kier molecular flexibility index (Phi) is 4.80. The predicted octanol–water partition coefficient (Wildman–Crippen LogP) is 0.980. The van der Waals surface area contributed by atoms with E-state index in [-0.39, 0.29) is 29.7 Å². The van der Waals surface area contributed by atoms with E-state index in [4.69, 9.17) is 0 Å². The van der Waals surface area contributed by atoms with E-state index < -0.39 is 10.5 Å². The highest BCUT2D eigenvalue weighted by molar-refractivity contribution is 5.76. The van der Waals surface area contributed by atoms with Crippen LogP contribution in [-0.2, 0) is 11.3 Å². The van der Waals surface area contributed by atoms with Crippen molar-refractivity contribution in [3.8, 4) is 0 Å². The van der Waals surface area contributed by atoms with Gasteiger partial charge in [-0.25, -0.2) is 0 Å². The van der Waals surface area contributed by atoms with E-state index in [2.05, 4.69) is 5.32 Å². The van der Waals surface area contributed by atoms with Crippen molar-refractivity contribution >= 4 is 11.6 Å². The number of rotatable bonds is 5. The summed E-state index contributed by atoms with van der Waals surface area (Å²) in [6, 6.07) is 1.20. The second-order valence-corrected chi connectivity index (χ2v) is 4.45. The molecule has 7 nitrogen and oxygen atoms in total. The SMILES string of the molecule is CCC(C)NC(=O)Cn1cc([N+](=O)[O-])cc(C)c1=O. The molecule has 7 heteroatoms. The minimum Gasteiger partial charge on any atom is -0.352 e. The van der Waals surface area contributed by atoms with E-state index in [9.17, 15) is 19.7 Å². The Labute approximate surface area is 110 Å². The molecule has 104 valence electrons. The summed E-state index contributed by atoms with van der Waals surface area (Å²) in [6.07, 6.45) is 1.86. The van der Waals surface area contributed by atoms with Gasteiger partial charge >= 0.3 is 0 Å². The van der Waals surface area contributed by atoms with Crippen molar-refractivity contribution in [2.75, 3.05) is 0 Å². The van der Waals surface area contributed by atoms with Crippen LogP contribution < -0.4 is 10.9 Å². The van der Waals surface area contributed by atoms with Gasteiger partial charge in [0.1, 0.15) is 6.54 Å². The third kappa shape index (κ3) is 3.90. The number of nitro groups is 1. The number of pyridine rings is 1. The minimum atomic E-state index is -0.588. The third-order valence-electron chi connectivity index (χ3n) is 2.80. The topological polar surface area (TPSA) is 94.2 Å². The van der Waals surface area contributed by atoms with Crippen LogP contribution in [0.15, 0.2) is 17.1 Å². The van der Waals surface area contributed by atoms with Crippen LogP contribution in [0.4, 0.5) is 5.69 Å². The molecule has 1 aromatic heterocycles. The molecular formula is C12H17N3O4. The number of aryl methyl sites for hydroxylation is 1. The Morgan fingerprint density at radius 1 is 1.58 bits per heavy atom. The summed E-state index contributed by atoms with van der Waals surface area (Å²) in [5.41, 5.74) is -0.358. The normalized spacial score (nSPS) is 11.9. The molecule has 1 atom stereocenters. The van der Waals surface area contributed by atoms with Crippen molar-refractivity contribution in [2.24, 2.45) is 0 Å². The van der Waals surface area contributed by atoms with E-state index in [1.807, 2.05) is 13.8 Å². The van der Waals surface area contributed by atoms with E-state index >= 15 is 0 Å². The number of hydrogen-bond acceptors (Lipinski definition) is 4. The highest BCUT2D eigenvalue weighted by atomic mass is 16.6. The molecule has 19 heavy (non-hydrogen) atoms. The van der Waals surface area contributed by atoms with Gasteiger partial charge in [0.25, 0.3) is 11.2 Å². The van der Waals surface area contributed by atoms with Crippen LogP contribution in [0.3, 0.4) is 0 Å². The molecule has 1 rings (SSSR count). The first kappa shape index (κ1) is 14.9. The molecule has 1 unspecified atom stereocenters. The Bertz CT molecular complexity index is 550. The predicted molar refractivity (Wildman–Crippen MR) is 70.0 cm³/mol. The monoisotopic (exact) mass is 267 g/mol. The zero-order chi connectivity index (χ0) is 14.6. The van der Waals surface area contributed by atoms with E-state index in [1.165, 1.54) is 13.0 Å². The molecule has 0 aromatic carbocycles. The number of aromatic nitrogens is 1. The molecule has 0 aliphatic rings. The average Bonchev–Trinajstić information content (AvgIpc) is 2.34. The van der Waals surface area contributed by atoms with Crippen molar-refractivity contribution in [1.29, 1.82) is 0 Å². The maximum absolute atomic E-state index is 11.8. The molecule has 0 spiro atoms. The van der Waals surface area contributed by atoms with Crippen molar-refractivity contribution in [2.45, 2.75) is 39.8 Å². The number of carbonyl (C=O) groups excluding carboxylic acids is 1. The van der Waals surface area contributed by atoms with Crippen LogP contribution in [0.2, 0.25) is 0 Å². The summed E-state index contributed by atoms with van der Waals surface area (Å²) in [7, 11) is 0. The first-order valence-electron chi connectivity index (χ1n) is 6.00. The van der Waals surface area contributed by atoms with Gasteiger partial charge in [0.05, 0.1) is 11.1 Å². The highest BCUT2D eigenvalue weighted by Crippen LogP contribution is 2.09. The van der Waals surface area contributed by atoms with Crippen molar-refractivity contribution < 1.29 is 9.72 Å². The molecule has 0 bridgehead atoms. The first-order chi connectivity index (χ1) is 8.85. The molecular weight excluding hydrogens is 250 g/mol. The Morgan fingerprint density at radius 2 is 2.21 bits per heavy atom. The Hall–Kier alpha value is -2.18. The summed E-state index contributed by atoms with van der Waals surface area (Å²) in [5.74, 6) is -0.337. The van der Waals surface area contributed by atoms with Crippen LogP contribution >= 0.6 is 0 Å². The molecule has 0 saturated carbocycles. The van der Waals surface area contributed by atoms with Crippen LogP contribution in [0.1, 0.15) is 25.8 Å². The minimum absolute atomic E-state index is 0.00278. The lowest BCUT2D eigenvalue weighted by atomic mass is 10.2. The van der Waals surface area contributed by atoms with Gasteiger partial charge in [0.15, 0.2) is 0 Å². The van der Waals surface area contributed by atoms with Crippen LogP contribution in [0.25, 0.3) is 0 Å². The zero-order valence-corrected chi connectivity index (χ0v) is 11.2. The quantitative estimate of drug-likeness (QED) is 0.635. The maximum Gasteiger partial charge on any atom is 0.286 e. The van der Waals surface area contributed by atoms with Gasteiger partial charge in [-0.3, -0.25) is 24.3 Å². The summed E-state index contributed by atoms with van der Waals surface area (Å²) >= 11 is 0. The van der Waals surface area contributed by atoms with Crippen LogP contribution in [0.5, 0.6) is 0 Å².